The maximum absolute atomic E-state index is 13.0. The summed E-state index contributed by atoms with van der Waals surface area (Å²) in [7, 11) is 0. The average molecular weight is 324 g/mol. The summed E-state index contributed by atoms with van der Waals surface area (Å²) < 4.78 is 0. The van der Waals surface area contributed by atoms with Gasteiger partial charge in [-0.3, -0.25) is 19.3 Å². The van der Waals surface area contributed by atoms with Crippen LogP contribution in [0.5, 0.6) is 0 Å². The van der Waals surface area contributed by atoms with Gasteiger partial charge in [0.1, 0.15) is 5.66 Å². The lowest BCUT2D eigenvalue weighted by atomic mass is 9.59. The molecule has 24 heavy (non-hydrogen) atoms. The summed E-state index contributed by atoms with van der Waals surface area (Å²) in [6, 6.07) is 7.65. The van der Waals surface area contributed by atoms with Gasteiger partial charge in [-0.15, -0.1) is 0 Å². The fourth-order valence-corrected chi connectivity index (χ4v) is 6.04. The largest absolute Gasteiger partial charge is 0.311 e. The summed E-state index contributed by atoms with van der Waals surface area (Å²) >= 11 is 0. The molecule has 0 aliphatic carbocycles. The fraction of sp³-hybridized carbons (Fsp3) is 0.526. The number of carbonyl (C=O) groups is 3. The van der Waals surface area contributed by atoms with E-state index in [1.165, 1.54) is 0 Å². The van der Waals surface area contributed by atoms with E-state index in [0.717, 1.165) is 36.9 Å². The molecular formula is C19H20N2O3. The zero-order valence-electron chi connectivity index (χ0n) is 13.7. The number of carbonyl (C=O) groups excluding carboxylic acids is 3. The van der Waals surface area contributed by atoms with Crippen LogP contribution in [0.15, 0.2) is 24.3 Å². The maximum atomic E-state index is 13.0. The highest BCUT2D eigenvalue weighted by Crippen LogP contribution is 2.67. The number of para-hydroxylation sites is 1. The van der Waals surface area contributed by atoms with Crippen LogP contribution in [0, 0.1) is 5.41 Å². The molecule has 4 aliphatic heterocycles. The van der Waals surface area contributed by atoms with Gasteiger partial charge in [0.25, 0.3) is 5.91 Å². The molecule has 5 rings (SSSR count). The second-order valence-corrected chi connectivity index (χ2v) is 7.51. The number of amides is 2. The molecule has 0 radical (unpaired) electrons. The Morgan fingerprint density at radius 3 is 2.75 bits per heavy atom. The predicted octanol–water partition coefficient (Wildman–Crippen LogP) is 2.21. The molecule has 0 aromatic heterocycles. The lowest BCUT2D eigenvalue weighted by Gasteiger charge is -2.61. The minimum absolute atomic E-state index is 0.0448. The first-order chi connectivity index (χ1) is 11.6. The first-order valence-electron chi connectivity index (χ1n) is 8.86. The van der Waals surface area contributed by atoms with Crippen molar-refractivity contribution in [3.8, 4) is 0 Å². The van der Waals surface area contributed by atoms with Crippen molar-refractivity contribution in [3.63, 3.8) is 0 Å². The molecule has 3 atom stereocenters. The summed E-state index contributed by atoms with van der Waals surface area (Å²) in [4.78, 5) is 42.3. The molecule has 1 aromatic rings. The van der Waals surface area contributed by atoms with E-state index in [1.54, 1.807) is 4.90 Å². The topological polar surface area (TPSA) is 57.7 Å². The number of ketones is 1. The summed E-state index contributed by atoms with van der Waals surface area (Å²) in [6.45, 7) is 2.71. The fourth-order valence-electron chi connectivity index (χ4n) is 6.04. The number of Topliss-reactive ketones (excluding diaryl/α,β-unsaturated/α-hetero) is 1. The van der Waals surface area contributed by atoms with E-state index in [-0.39, 0.29) is 17.1 Å². The number of anilines is 1. The van der Waals surface area contributed by atoms with Crippen molar-refractivity contribution >= 4 is 23.3 Å². The standard InChI is InChI=1S/C19H20N2O3/c1-2-18-9-5-11-20-17(24)16(23)15-12-6-3-4-7-13(12)21(19(15,18)20)14(22)8-10-18/h3-4,6-7,15H,2,5,8-11H2,1H3/t15-,18+,19?/m0/s1. The van der Waals surface area contributed by atoms with Crippen LogP contribution in [0.25, 0.3) is 0 Å². The van der Waals surface area contributed by atoms with Crippen molar-refractivity contribution in [2.45, 2.75) is 50.6 Å². The highest BCUT2D eigenvalue weighted by Gasteiger charge is 2.76. The predicted molar refractivity (Wildman–Crippen MR) is 87.3 cm³/mol. The molecule has 5 nitrogen and oxygen atoms in total. The molecule has 3 fully saturated rings. The minimum Gasteiger partial charge on any atom is -0.311 e. The third kappa shape index (κ3) is 1.22. The van der Waals surface area contributed by atoms with E-state index in [4.69, 9.17) is 0 Å². The molecule has 0 bridgehead atoms. The number of hydrogen-bond acceptors (Lipinski definition) is 3. The van der Waals surface area contributed by atoms with Gasteiger partial charge in [0.2, 0.25) is 11.7 Å². The third-order valence-corrected chi connectivity index (χ3v) is 6.92. The van der Waals surface area contributed by atoms with E-state index >= 15 is 0 Å². The van der Waals surface area contributed by atoms with Crippen LogP contribution in [0.3, 0.4) is 0 Å². The molecule has 2 amide bonds. The monoisotopic (exact) mass is 324 g/mol. The van der Waals surface area contributed by atoms with E-state index in [0.29, 0.717) is 13.0 Å². The molecule has 1 spiro atoms. The van der Waals surface area contributed by atoms with Gasteiger partial charge >= 0.3 is 0 Å². The highest BCUT2D eigenvalue weighted by molar-refractivity contribution is 6.42. The first kappa shape index (κ1) is 14.2. The van der Waals surface area contributed by atoms with Crippen molar-refractivity contribution in [1.82, 2.24) is 4.90 Å². The molecule has 4 heterocycles. The van der Waals surface area contributed by atoms with Gasteiger partial charge in [-0.05, 0) is 37.3 Å². The normalized spacial score (nSPS) is 36.7. The Balaban J connectivity index is 1.89. The van der Waals surface area contributed by atoms with Crippen molar-refractivity contribution in [2.75, 3.05) is 11.4 Å². The second-order valence-electron chi connectivity index (χ2n) is 7.51. The Morgan fingerprint density at radius 2 is 1.96 bits per heavy atom. The number of nitrogens with zero attached hydrogens (tertiary/aromatic N) is 2. The van der Waals surface area contributed by atoms with Crippen LogP contribution in [-0.2, 0) is 14.4 Å². The van der Waals surface area contributed by atoms with E-state index in [1.807, 2.05) is 29.2 Å². The molecular weight excluding hydrogens is 304 g/mol. The van der Waals surface area contributed by atoms with Crippen LogP contribution in [0.4, 0.5) is 5.69 Å². The minimum atomic E-state index is -0.798. The molecule has 0 N–H and O–H groups in total. The van der Waals surface area contributed by atoms with Crippen molar-refractivity contribution in [1.29, 1.82) is 0 Å². The maximum Gasteiger partial charge on any atom is 0.292 e. The molecule has 1 unspecified atom stereocenters. The van der Waals surface area contributed by atoms with E-state index in [2.05, 4.69) is 6.92 Å². The molecule has 5 heteroatoms. The van der Waals surface area contributed by atoms with Crippen molar-refractivity contribution in [3.05, 3.63) is 29.8 Å². The number of fused-ring (bicyclic) bond motifs is 3. The van der Waals surface area contributed by atoms with Crippen LogP contribution in [-0.4, -0.2) is 34.7 Å². The Bertz CT molecular complexity index is 804. The van der Waals surface area contributed by atoms with Gasteiger partial charge in [0.15, 0.2) is 0 Å². The summed E-state index contributed by atoms with van der Waals surface area (Å²) in [5.74, 6) is -1.21. The Labute approximate surface area is 140 Å². The second kappa shape index (κ2) is 4.26. The summed E-state index contributed by atoms with van der Waals surface area (Å²) in [5, 5.41) is 0. The van der Waals surface area contributed by atoms with Gasteiger partial charge in [-0.25, -0.2) is 0 Å². The lowest BCUT2D eigenvalue weighted by molar-refractivity contribution is -0.152. The third-order valence-electron chi connectivity index (χ3n) is 6.92. The lowest BCUT2D eigenvalue weighted by Crippen LogP contribution is -2.73. The quantitative estimate of drug-likeness (QED) is 0.744. The van der Waals surface area contributed by atoms with Gasteiger partial charge < -0.3 is 4.90 Å². The number of benzene rings is 1. The van der Waals surface area contributed by atoms with Gasteiger partial charge in [0.05, 0.1) is 11.6 Å². The number of hydrogen-bond donors (Lipinski definition) is 0. The summed E-state index contributed by atoms with van der Waals surface area (Å²) in [6.07, 6.45) is 4.00. The number of rotatable bonds is 1. The van der Waals surface area contributed by atoms with Crippen molar-refractivity contribution < 1.29 is 14.4 Å². The molecule has 0 saturated carbocycles. The van der Waals surface area contributed by atoms with E-state index < -0.39 is 17.5 Å². The summed E-state index contributed by atoms with van der Waals surface area (Å²) in [5.41, 5.74) is 0.698. The van der Waals surface area contributed by atoms with Crippen molar-refractivity contribution in [2.24, 2.45) is 5.41 Å². The first-order valence-corrected chi connectivity index (χ1v) is 8.86. The smallest absolute Gasteiger partial charge is 0.292 e. The molecule has 4 aliphatic rings. The van der Waals surface area contributed by atoms with Crippen LogP contribution in [0.1, 0.15) is 50.5 Å². The van der Waals surface area contributed by atoms with E-state index in [9.17, 15) is 14.4 Å². The van der Waals surface area contributed by atoms with Gasteiger partial charge in [-0.1, -0.05) is 25.1 Å². The Kier molecular flexibility index (Phi) is 2.52. The Morgan fingerprint density at radius 1 is 1.17 bits per heavy atom. The zero-order chi connectivity index (χ0) is 16.7. The van der Waals surface area contributed by atoms with Crippen LogP contribution in [0.2, 0.25) is 0 Å². The van der Waals surface area contributed by atoms with Crippen LogP contribution < -0.4 is 4.90 Å². The number of piperidine rings is 2. The molecule has 124 valence electrons. The van der Waals surface area contributed by atoms with Gasteiger partial charge in [0, 0.05) is 18.4 Å². The highest BCUT2D eigenvalue weighted by atomic mass is 16.2. The SMILES string of the molecule is CC[C@@]12CCCN3C(=O)C(=O)[C@@H]4c5ccccc5N(C(=O)CC1)C432. The molecule has 3 saturated heterocycles. The molecule has 1 aromatic carbocycles. The average Bonchev–Trinajstić information content (AvgIpc) is 3.03. The Hall–Kier alpha value is -2.17. The zero-order valence-corrected chi connectivity index (χ0v) is 13.7. The van der Waals surface area contributed by atoms with Crippen LogP contribution >= 0.6 is 0 Å². The van der Waals surface area contributed by atoms with Gasteiger partial charge in [-0.2, -0.15) is 0 Å².